The van der Waals surface area contributed by atoms with Gasteiger partial charge in [0.2, 0.25) is 5.91 Å². The molecule has 542 valence electrons. The molecule has 1 amide bonds. The first-order valence-corrected chi connectivity index (χ1v) is 39.2. The number of unbranched alkanes of at least 4 members (excludes halogenated alkanes) is 49. The molecule has 12 unspecified atom stereocenters. The van der Waals surface area contributed by atoms with E-state index < -0.39 is 86.8 Å². The Hall–Kier alpha value is -1.79. The Morgan fingerprint density at radius 2 is 0.717 bits per heavy atom. The van der Waals surface area contributed by atoms with Crippen LogP contribution in [-0.2, 0) is 23.7 Å². The van der Waals surface area contributed by atoms with E-state index in [4.69, 9.17) is 18.9 Å². The molecule has 2 saturated heterocycles. The Bertz CT molecular complexity index is 1680. The first-order valence-electron chi connectivity index (χ1n) is 39.2. The van der Waals surface area contributed by atoms with Gasteiger partial charge < -0.3 is 65.1 Å². The maximum Gasteiger partial charge on any atom is 0.220 e. The Labute approximate surface area is 563 Å². The fraction of sp³-hybridized carbons (Fsp3) is 0.910. The molecule has 14 nitrogen and oxygen atoms in total. The number of rotatable bonds is 66. The summed E-state index contributed by atoms with van der Waals surface area (Å²) in [7, 11) is 0. The summed E-state index contributed by atoms with van der Waals surface area (Å²) in [5, 5.41) is 87.7. The van der Waals surface area contributed by atoms with E-state index in [1.807, 2.05) is 6.08 Å². The molecule has 0 radical (unpaired) electrons. The molecule has 2 heterocycles. The molecule has 92 heavy (non-hydrogen) atoms. The Morgan fingerprint density at radius 1 is 0.391 bits per heavy atom. The van der Waals surface area contributed by atoms with Gasteiger partial charge in [-0.05, 0) is 51.4 Å². The van der Waals surface area contributed by atoms with Gasteiger partial charge in [0.1, 0.15) is 48.8 Å². The summed E-state index contributed by atoms with van der Waals surface area (Å²) in [4.78, 5) is 13.4. The van der Waals surface area contributed by atoms with Crippen molar-refractivity contribution in [1.82, 2.24) is 5.32 Å². The van der Waals surface area contributed by atoms with Crippen molar-refractivity contribution >= 4 is 5.91 Å². The minimum atomic E-state index is -1.79. The minimum Gasteiger partial charge on any atom is -0.394 e. The van der Waals surface area contributed by atoms with Crippen molar-refractivity contribution in [3.8, 4) is 0 Å². The monoisotopic (exact) mass is 1310 g/mol. The molecule has 2 aliphatic heterocycles. The lowest BCUT2D eigenvalue weighted by atomic mass is 9.97. The quantitative estimate of drug-likeness (QED) is 0.0204. The second-order valence-corrected chi connectivity index (χ2v) is 27.8. The number of carbonyl (C=O) groups is 1. The van der Waals surface area contributed by atoms with Gasteiger partial charge in [0.25, 0.3) is 0 Å². The second-order valence-electron chi connectivity index (χ2n) is 27.8. The van der Waals surface area contributed by atoms with Crippen LogP contribution in [0.15, 0.2) is 36.5 Å². The van der Waals surface area contributed by atoms with Gasteiger partial charge in [0, 0.05) is 6.42 Å². The SMILES string of the molecule is CCCCCCC/C=C\C/C=C\CCCCCCCCCCCCCCCCCC(=O)NC(COC1OC(CO)C(OC2OC(CO)C(O)C(O)C2O)C(O)C1O)C(O)/C=C/CCCCCCCCCCCCCCCCCCCCCCCCCCCCCCC. The van der Waals surface area contributed by atoms with Crippen molar-refractivity contribution in [2.45, 2.75) is 434 Å². The summed E-state index contributed by atoms with van der Waals surface area (Å²) < 4.78 is 22.9. The van der Waals surface area contributed by atoms with E-state index in [0.29, 0.717) is 6.42 Å². The lowest BCUT2D eigenvalue weighted by molar-refractivity contribution is -0.359. The van der Waals surface area contributed by atoms with Crippen molar-refractivity contribution in [1.29, 1.82) is 0 Å². The highest BCUT2D eigenvalue weighted by Gasteiger charge is 2.51. The molecule has 2 aliphatic rings. The standard InChI is InChI=1S/C78H147NO13/c1-3-5-7-9-11-13-15-17-19-21-23-25-27-29-31-32-33-34-36-37-39-41-43-45-47-49-51-53-55-57-59-61-67(82)66(65-89-77-75(88)73(86)76(69(64-81)91-77)92-78-74(87)72(85)71(84)68(63-80)90-78)79-70(83)62-60-58-56-54-52-50-48-46-44-42-40-38-35-30-28-26-24-22-20-18-16-14-12-10-8-6-4-2/h16,18,22,24,59,61,66-69,71-78,80-82,84-88H,3-15,17,19-21,23,25-58,60,62-65H2,1-2H3,(H,79,83)/b18-16-,24-22-,61-59+. The minimum absolute atomic E-state index is 0.233. The lowest BCUT2D eigenvalue weighted by Gasteiger charge is -2.46. The van der Waals surface area contributed by atoms with Crippen LogP contribution in [0, 0.1) is 0 Å². The highest BCUT2D eigenvalue weighted by atomic mass is 16.7. The summed E-state index contributed by atoms with van der Waals surface area (Å²) in [6.07, 6.45) is 65.0. The molecule has 0 aromatic heterocycles. The largest absolute Gasteiger partial charge is 0.394 e. The molecule has 12 atom stereocenters. The van der Waals surface area contributed by atoms with Gasteiger partial charge in [0.05, 0.1) is 32.0 Å². The van der Waals surface area contributed by atoms with E-state index in [1.54, 1.807) is 6.08 Å². The van der Waals surface area contributed by atoms with Gasteiger partial charge in [-0.25, -0.2) is 0 Å². The van der Waals surface area contributed by atoms with E-state index in [-0.39, 0.29) is 18.9 Å². The van der Waals surface area contributed by atoms with E-state index in [1.165, 1.54) is 289 Å². The fourth-order valence-electron chi connectivity index (χ4n) is 13.1. The molecule has 14 heteroatoms. The van der Waals surface area contributed by atoms with Crippen molar-refractivity contribution in [2.24, 2.45) is 0 Å². The third kappa shape index (κ3) is 45.7. The topological polar surface area (TPSA) is 228 Å². The zero-order chi connectivity index (χ0) is 66.6. The Balaban J connectivity index is 1.63. The summed E-state index contributed by atoms with van der Waals surface area (Å²) in [6, 6.07) is -0.916. The van der Waals surface area contributed by atoms with Gasteiger partial charge in [-0.15, -0.1) is 0 Å². The molecular weight excluding hydrogens is 1160 g/mol. The predicted molar refractivity (Wildman–Crippen MR) is 378 cm³/mol. The van der Waals surface area contributed by atoms with Crippen LogP contribution in [0.4, 0.5) is 0 Å². The highest BCUT2D eigenvalue weighted by molar-refractivity contribution is 5.76. The number of ether oxygens (including phenoxy) is 4. The highest BCUT2D eigenvalue weighted by Crippen LogP contribution is 2.30. The van der Waals surface area contributed by atoms with Crippen molar-refractivity contribution in [2.75, 3.05) is 19.8 Å². The van der Waals surface area contributed by atoms with Crippen LogP contribution in [0.25, 0.3) is 0 Å². The summed E-state index contributed by atoms with van der Waals surface area (Å²) in [5.74, 6) is -0.233. The van der Waals surface area contributed by atoms with Gasteiger partial charge >= 0.3 is 0 Å². The number of hydrogen-bond acceptors (Lipinski definition) is 13. The van der Waals surface area contributed by atoms with Crippen LogP contribution in [0.5, 0.6) is 0 Å². The Morgan fingerprint density at radius 3 is 1.09 bits per heavy atom. The Kier molecular flexibility index (Phi) is 58.8. The molecule has 0 aliphatic carbocycles. The lowest BCUT2D eigenvalue weighted by Crippen LogP contribution is -2.65. The van der Waals surface area contributed by atoms with Crippen LogP contribution >= 0.6 is 0 Å². The first kappa shape index (κ1) is 86.3. The van der Waals surface area contributed by atoms with Crippen molar-refractivity contribution < 1.29 is 64.6 Å². The number of nitrogens with one attached hydrogen (secondary N) is 1. The van der Waals surface area contributed by atoms with Crippen LogP contribution in [0.3, 0.4) is 0 Å². The van der Waals surface area contributed by atoms with Crippen molar-refractivity contribution in [3.63, 3.8) is 0 Å². The average Bonchev–Trinajstić information content (AvgIpc) is 0.882. The van der Waals surface area contributed by atoms with E-state index >= 15 is 0 Å². The molecule has 0 aromatic rings. The van der Waals surface area contributed by atoms with Gasteiger partial charge in [-0.3, -0.25) is 4.79 Å². The molecule has 9 N–H and O–H groups in total. The molecular formula is C78H147NO13. The number of allylic oxidation sites excluding steroid dienone is 5. The number of hydrogen-bond donors (Lipinski definition) is 9. The average molecular weight is 1310 g/mol. The molecule has 2 rings (SSSR count). The fourth-order valence-corrected chi connectivity index (χ4v) is 13.1. The zero-order valence-corrected chi connectivity index (χ0v) is 59.3. The summed E-state index contributed by atoms with van der Waals surface area (Å²) in [6.45, 7) is 2.85. The molecule has 0 bridgehead atoms. The summed E-state index contributed by atoms with van der Waals surface area (Å²) >= 11 is 0. The van der Waals surface area contributed by atoms with Crippen molar-refractivity contribution in [3.05, 3.63) is 36.5 Å². The van der Waals surface area contributed by atoms with E-state index in [0.717, 1.165) is 44.9 Å². The van der Waals surface area contributed by atoms with Gasteiger partial charge in [-0.2, -0.15) is 0 Å². The molecule has 2 fully saturated rings. The van der Waals surface area contributed by atoms with Gasteiger partial charge in [0.15, 0.2) is 12.6 Å². The zero-order valence-electron chi connectivity index (χ0n) is 59.3. The number of aliphatic hydroxyl groups excluding tert-OH is 8. The van der Waals surface area contributed by atoms with E-state index in [9.17, 15) is 45.6 Å². The predicted octanol–water partition coefficient (Wildman–Crippen LogP) is 17.2. The van der Waals surface area contributed by atoms with Crippen LogP contribution in [0.1, 0.15) is 361 Å². The molecule has 0 saturated carbocycles. The van der Waals surface area contributed by atoms with Crippen LogP contribution in [0.2, 0.25) is 0 Å². The second kappa shape index (κ2) is 62.7. The summed E-state index contributed by atoms with van der Waals surface area (Å²) in [5.41, 5.74) is 0. The van der Waals surface area contributed by atoms with Crippen LogP contribution < -0.4 is 5.32 Å². The normalized spacial score (nSPS) is 22.8. The third-order valence-electron chi connectivity index (χ3n) is 19.3. The first-order chi connectivity index (χ1) is 45.1. The number of aliphatic hydroxyl groups is 8. The van der Waals surface area contributed by atoms with Gasteiger partial charge in [-0.1, -0.05) is 339 Å². The smallest absolute Gasteiger partial charge is 0.220 e. The van der Waals surface area contributed by atoms with E-state index in [2.05, 4.69) is 43.5 Å². The molecule has 0 aromatic carbocycles. The number of amides is 1. The maximum absolute atomic E-state index is 13.4. The maximum atomic E-state index is 13.4. The molecule has 0 spiro atoms. The third-order valence-corrected chi connectivity index (χ3v) is 19.3. The van der Waals surface area contributed by atoms with Crippen LogP contribution in [-0.4, -0.2) is 140 Å². The number of carbonyl (C=O) groups excluding carboxylic acids is 1.